The van der Waals surface area contributed by atoms with Gasteiger partial charge in [-0.2, -0.15) is 0 Å². The summed E-state index contributed by atoms with van der Waals surface area (Å²) in [6.07, 6.45) is 1.72. The Morgan fingerprint density at radius 2 is 2.16 bits per heavy atom. The lowest BCUT2D eigenvalue weighted by atomic mass is 10.2. The fourth-order valence-electron chi connectivity index (χ4n) is 1.59. The van der Waals surface area contributed by atoms with E-state index in [4.69, 9.17) is 0 Å². The fourth-order valence-corrected chi connectivity index (χ4v) is 2.72. The minimum Gasteiger partial charge on any atom is -0.313 e. The number of benzene rings is 1. The van der Waals surface area contributed by atoms with Crippen LogP contribution >= 0.6 is 27.7 Å². The normalized spacial score (nSPS) is 10.7. The van der Waals surface area contributed by atoms with E-state index in [9.17, 15) is 4.39 Å². The third-order valence-corrected chi connectivity index (χ3v) is 4.10. The predicted molar refractivity (Wildman–Crippen MR) is 79.8 cm³/mol. The van der Waals surface area contributed by atoms with Crippen LogP contribution in [0.15, 0.2) is 50.9 Å². The van der Waals surface area contributed by atoms with Crippen molar-refractivity contribution in [1.29, 1.82) is 0 Å². The number of nitrogens with one attached hydrogen (secondary N) is 1. The molecule has 0 fully saturated rings. The van der Waals surface area contributed by atoms with Crippen molar-refractivity contribution in [2.45, 2.75) is 23.4 Å². The monoisotopic (exact) mass is 340 g/mol. The van der Waals surface area contributed by atoms with Crippen LogP contribution in [0.3, 0.4) is 0 Å². The van der Waals surface area contributed by atoms with Crippen molar-refractivity contribution in [1.82, 2.24) is 10.3 Å². The molecule has 5 heteroatoms. The first-order valence-electron chi connectivity index (χ1n) is 5.98. The molecule has 0 aliphatic heterocycles. The number of aromatic nitrogens is 1. The second-order valence-corrected chi connectivity index (χ2v) is 5.87. The molecule has 1 N–H and O–H groups in total. The summed E-state index contributed by atoms with van der Waals surface area (Å²) in [5.41, 5.74) is 0.955. The molecule has 0 atom stereocenters. The van der Waals surface area contributed by atoms with Gasteiger partial charge in [-0.15, -0.1) is 0 Å². The molecule has 0 aliphatic carbocycles. The van der Waals surface area contributed by atoms with Gasteiger partial charge in [0.15, 0.2) is 0 Å². The quantitative estimate of drug-likeness (QED) is 0.880. The highest BCUT2D eigenvalue weighted by Gasteiger charge is 2.10. The maximum absolute atomic E-state index is 14.0. The van der Waals surface area contributed by atoms with Crippen molar-refractivity contribution < 1.29 is 4.39 Å². The molecular formula is C14H14BrFN2S. The smallest absolute Gasteiger partial charge is 0.137 e. The van der Waals surface area contributed by atoms with Crippen molar-refractivity contribution in [3.05, 3.63) is 52.4 Å². The van der Waals surface area contributed by atoms with Crippen LogP contribution in [0, 0.1) is 5.82 Å². The number of hydrogen-bond acceptors (Lipinski definition) is 3. The topological polar surface area (TPSA) is 24.9 Å². The third-order valence-electron chi connectivity index (χ3n) is 2.52. The molecule has 0 unspecified atom stereocenters. The highest BCUT2D eigenvalue weighted by atomic mass is 79.9. The lowest BCUT2D eigenvalue weighted by molar-refractivity contribution is 0.591. The van der Waals surface area contributed by atoms with Gasteiger partial charge in [0, 0.05) is 17.2 Å². The zero-order valence-electron chi connectivity index (χ0n) is 10.5. The van der Waals surface area contributed by atoms with Crippen molar-refractivity contribution in [3.8, 4) is 0 Å². The highest BCUT2D eigenvalue weighted by Crippen LogP contribution is 2.31. The summed E-state index contributed by atoms with van der Waals surface area (Å²) in [5.74, 6) is -0.204. The summed E-state index contributed by atoms with van der Waals surface area (Å²) in [7, 11) is 0. The Hall–Kier alpha value is -0.910. The van der Waals surface area contributed by atoms with E-state index in [1.54, 1.807) is 12.3 Å². The summed E-state index contributed by atoms with van der Waals surface area (Å²) < 4.78 is 14.9. The molecule has 100 valence electrons. The molecule has 1 heterocycles. The van der Waals surface area contributed by atoms with E-state index in [1.807, 2.05) is 25.1 Å². The average Bonchev–Trinajstić information content (AvgIpc) is 2.42. The van der Waals surface area contributed by atoms with Crippen LogP contribution in [0.4, 0.5) is 4.39 Å². The molecule has 0 spiro atoms. The second kappa shape index (κ2) is 7.03. The molecule has 0 amide bonds. The van der Waals surface area contributed by atoms with Crippen LogP contribution in [-0.4, -0.2) is 11.5 Å². The van der Waals surface area contributed by atoms with E-state index in [-0.39, 0.29) is 5.82 Å². The second-order valence-electron chi connectivity index (χ2n) is 3.93. The van der Waals surface area contributed by atoms with Gasteiger partial charge >= 0.3 is 0 Å². The van der Waals surface area contributed by atoms with Crippen LogP contribution in [0.1, 0.15) is 12.5 Å². The minimum atomic E-state index is -0.204. The van der Waals surface area contributed by atoms with E-state index in [0.717, 1.165) is 21.6 Å². The molecule has 19 heavy (non-hydrogen) atoms. The molecule has 2 rings (SSSR count). The summed E-state index contributed by atoms with van der Waals surface area (Å²) in [6.45, 7) is 3.55. The lowest BCUT2D eigenvalue weighted by Crippen LogP contribution is -2.12. The van der Waals surface area contributed by atoms with Gasteiger partial charge in [-0.3, -0.25) is 0 Å². The van der Waals surface area contributed by atoms with Gasteiger partial charge in [-0.05, 0) is 46.2 Å². The van der Waals surface area contributed by atoms with E-state index < -0.39 is 0 Å². The van der Waals surface area contributed by atoms with Gasteiger partial charge in [0.25, 0.3) is 0 Å². The largest absolute Gasteiger partial charge is 0.313 e. The Morgan fingerprint density at radius 3 is 2.84 bits per heavy atom. The standard InChI is InChI=1S/C14H14BrFN2S/c1-2-17-8-10-4-3-5-12(16)14(10)19-13-7-6-11(15)9-18-13/h3-7,9,17H,2,8H2,1H3. The van der Waals surface area contributed by atoms with Gasteiger partial charge in [0.05, 0.1) is 4.90 Å². The van der Waals surface area contributed by atoms with E-state index in [2.05, 4.69) is 26.2 Å². The number of hydrogen-bond donors (Lipinski definition) is 1. The maximum atomic E-state index is 14.0. The molecule has 1 aromatic heterocycles. The molecule has 1 aromatic carbocycles. The summed E-state index contributed by atoms with van der Waals surface area (Å²) in [4.78, 5) is 4.90. The van der Waals surface area contributed by atoms with E-state index >= 15 is 0 Å². The number of nitrogens with zero attached hydrogens (tertiary/aromatic N) is 1. The number of halogens is 2. The molecule has 2 aromatic rings. The van der Waals surface area contributed by atoms with Crippen LogP contribution in [0.5, 0.6) is 0 Å². The Kier molecular flexibility index (Phi) is 5.36. The minimum absolute atomic E-state index is 0.204. The van der Waals surface area contributed by atoms with Crippen LogP contribution in [0.25, 0.3) is 0 Å². The molecule has 0 saturated carbocycles. The molecule has 0 bridgehead atoms. The van der Waals surface area contributed by atoms with Gasteiger partial charge in [-0.25, -0.2) is 9.37 Å². The third kappa shape index (κ3) is 4.03. The van der Waals surface area contributed by atoms with E-state index in [0.29, 0.717) is 11.4 Å². The van der Waals surface area contributed by atoms with Crippen molar-refractivity contribution in [3.63, 3.8) is 0 Å². The zero-order valence-corrected chi connectivity index (χ0v) is 12.9. The summed E-state index contributed by atoms with van der Waals surface area (Å²) >= 11 is 4.69. The van der Waals surface area contributed by atoms with Crippen molar-refractivity contribution in [2.24, 2.45) is 0 Å². The Morgan fingerprint density at radius 1 is 1.32 bits per heavy atom. The lowest BCUT2D eigenvalue weighted by Gasteiger charge is -2.10. The molecule has 0 aliphatic rings. The summed E-state index contributed by atoms with van der Waals surface area (Å²) in [5, 5.41) is 4.00. The molecule has 0 radical (unpaired) electrons. The predicted octanol–water partition coefficient (Wildman–Crippen LogP) is 4.24. The summed E-state index contributed by atoms with van der Waals surface area (Å²) in [6, 6.07) is 8.93. The van der Waals surface area contributed by atoms with E-state index in [1.165, 1.54) is 17.8 Å². The molecular weight excluding hydrogens is 327 g/mol. The van der Waals surface area contributed by atoms with Gasteiger partial charge in [-0.1, -0.05) is 30.8 Å². The van der Waals surface area contributed by atoms with Crippen molar-refractivity contribution in [2.75, 3.05) is 6.54 Å². The number of rotatable bonds is 5. The molecule has 0 saturated heterocycles. The van der Waals surface area contributed by atoms with Gasteiger partial charge in [0.2, 0.25) is 0 Å². The first-order chi connectivity index (χ1) is 9.20. The average molecular weight is 341 g/mol. The number of pyridine rings is 1. The van der Waals surface area contributed by atoms with Crippen LogP contribution in [0.2, 0.25) is 0 Å². The Bertz CT molecular complexity index is 546. The van der Waals surface area contributed by atoms with Gasteiger partial charge in [0.1, 0.15) is 10.8 Å². The first-order valence-corrected chi connectivity index (χ1v) is 7.59. The van der Waals surface area contributed by atoms with Crippen molar-refractivity contribution >= 4 is 27.7 Å². The van der Waals surface area contributed by atoms with Crippen LogP contribution < -0.4 is 5.32 Å². The first kappa shape index (κ1) is 14.5. The Labute approximate surface area is 125 Å². The van der Waals surface area contributed by atoms with Gasteiger partial charge < -0.3 is 5.32 Å². The Balaban J connectivity index is 2.25. The maximum Gasteiger partial charge on any atom is 0.137 e. The zero-order chi connectivity index (χ0) is 13.7. The van der Waals surface area contributed by atoms with Crippen LogP contribution in [-0.2, 0) is 6.54 Å². The highest BCUT2D eigenvalue weighted by molar-refractivity contribution is 9.10. The molecule has 2 nitrogen and oxygen atoms in total. The SMILES string of the molecule is CCNCc1cccc(F)c1Sc1ccc(Br)cn1. The fraction of sp³-hybridized carbons (Fsp3) is 0.214.